The van der Waals surface area contributed by atoms with Crippen molar-refractivity contribution in [1.29, 1.82) is 0 Å². The number of carbonyl (C=O) groups excluding carboxylic acids is 5. The molecule has 2 aromatic rings. The summed E-state index contributed by atoms with van der Waals surface area (Å²) in [4.78, 5) is 65.1. The van der Waals surface area contributed by atoms with E-state index in [1.807, 2.05) is 30.3 Å². The predicted octanol–water partition coefficient (Wildman–Crippen LogP) is 3.01. The van der Waals surface area contributed by atoms with Gasteiger partial charge in [0.15, 0.2) is 12.4 Å². The molecule has 1 heterocycles. The van der Waals surface area contributed by atoms with Gasteiger partial charge in [-0.2, -0.15) is 0 Å². The third kappa shape index (κ3) is 4.43. The summed E-state index contributed by atoms with van der Waals surface area (Å²) in [6.45, 7) is 0.846. The molecule has 1 saturated heterocycles. The van der Waals surface area contributed by atoms with E-state index in [0.717, 1.165) is 29.7 Å². The normalized spacial score (nSPS) is 25.0. The number of ketones is 1. The Labute approximate surface area is 209 Å². The molecule has 36 heavy (non-hydrogen) atoms. The minimum absolute atomic E-state index is 0.119. The van der Waals surface area contributed by atoms with Crippen molar-refractivity contribution in [2.24, 2.45) is 23.7 Å². The van der Waals surface area contributed by atoms with E-state index in [2.05, 4.69) is 5.32 Å². The molecule has 2 bridgehead atoms. The molecule has 5 rings (SSSR count). The van der Waals surface area contributed by atoms with Crippen molar-refractivity contribution in [3.63, 3.8) is 0 Å². The van der Waals surface area contributed by atoms with E-state index in [9.17, 15) is 24.0 Å². The lowest BCUT2D eigenvalue weighted by atomic mass is 9.81. The summed E-state index contributed by atoms with van der Waals surface area (Å²) in [7, 11) is 0. The number of benzene rings is 2. The number of hydrogen-bond acceptors (Lipinski definition) is 6. The van der Waals surface area contributed by atoms with Gasteiger partial charge >= 0.3 is 5.97 Å². The van der Waals surface area contributed by atoms with Crippen LogP contribution in [0.4, 0.5) is 5.69 Å². The Hall–Kier alpha value is -3.81. The quantitative estimate of drug-likeness (QED) is 0.348. The summed E-state index contributed by atoms with van der Waals surface area (Å²) < 4.78 is 5.32. The van der Waals surface area contributed by atoms with Crippen LogP contribution in [-0.2, 0) is 30.3 Å². The molecular weight excluding hydrogens is 460 g/mol. The molecule has 186 valence electrons. The molecule has 8 heteroatoms. The standard InChI is InChI=1S/C28H28N2O6/c1-16(31)18-8-5-9-21(14-18)29-23(32)15-36-28(35)22(12-17-6-3-2-4-7-17)30-26(33)24-19-10-11-20(13-19)25(24)27(30)34/h2-9,14,19-20,22,24-25H,10-13,15H2,1H3,(H,29,32)/t19-,20-,22-,24-,25+/m0/s1. The Morgan fingerprint density at radius 2 is 1.64 bits per heavy atom. The zero-order valence-electron chi connectivity index (χ0n) is 20.0. The van der Waals surface area contributed by atoms with Crippen molar-refractivity contribution in [3.05, 3.63) is 65.7 Å². The van der Waals surface area contributed by atoms with Gasteiger partial charge in [0.2, 0.25) is 11.8 Å². The Morgan fingerprint density at radius 3 is 2.28 bits per heavy atom. The molecule has 5 atom stereocenters. The van der Waals surface area contributed by atoms with E-state index in [0.29, 0.717) is 11.3 Å². The number of esters is 1. The highest BCUT2D eigenvalue weighted by atomic mass is 16.5. The van der Waals surface area contributed by atoms with Crippen molar-refractivity contribution in [2.75, 3.05) is 11.9 Å². The molecule has 1 aliphatic heterocycles. The van der Waals surface area contributed by atoms with Crippen molar-refractivity contribution in [1.82, 2.24) is 4.90 Å². The van der Waals surface area contributed by atoms with Crippen LogP contribution in [0.5, 0.6) is 0 Å². The molecule has 2 aliphatic carbocycles. The number of nitrogens with one attached hydrogen (secondary N) is 1. The van der Waals surface area contributed by atoms with E-state index in [4.69, 9.17) is 4.74 Å². The maximum atomic E-state index is 13.4. The third-order valence-corrected chi connectivity index (χ3v) is 7.72. The average molecular weight is 489 g/mol. The molecule has 1 N–H and O–H groups in total. The fraction of sp³-hybridized carbons (Fsp3) is 0.393. The maximum Gasteiger partial charge on any atom is 0.330 e. The molecular formula is C28H28N2O6. The van der Waals surface area contributed by atoms with E-state index in [-0.39, 0.29) is 47.7 Å². The summed E-state index contributed by atoms with van der Waals surface area (Å²) in [5.41, 5.74) is 1.63. The van der Waals surface area contributed by atoms with E-state index < -0.39 is 24.5 Å². The topological polar surface area (TPSA) is 110 Å². The van der Waals surface area contributed by atoms with Gasteiger partial charge in [0.05, 0.1) is 11.8 Å². The van der Waals surface area contributed by atoms with E-state index in [1.54, 1.807) is 18.2 Å². The van der Waals surface area contributed by atoms with Crippen molar-refractivity contribution < 1.29 is 28.7 Å². The Kier molecular flexibility index (Phi) is 6.43. The average Bonchev–Trinajstić information content (AvgIpc) is 3.56. The van der Waals surface area contributed by atoms with Gasteiger partial charge < -0.3 is 10.1 Å². The molecule has 3 aliphatic rings. The van der Waals surface area contributed by atoms with Crippen LogP contribution in [-0.4, -0.2) is 47.0 Å². The number of carbonyl (C=O) groups is 5. The van der Waals surface area contributed by atoms with E-state index in [1.165, 1.54) is 13.0 Å². The predicted molar refractivity (Wildman–Crippen MR) is 130 cm³/mol. The number of hydrogen-bond donors (Lipinski definition) is 1. The number of fused-ring (bicyclic) bond motifs is 5. The number of likely N-dealkylation sites (tertiary alicyclic amines) is 1. The molecule has 0 aromatic heterocycles. The fourth-order valence-electron chi connectivity index (χ4n) is 6.10. The highest BCUT2D eigenvalue weighted by Crippen LogP contribution is 2.56. The fourth-order valence-corrected chi connectivity index (χ4v) is 6.10. The lowest BCUT2D eigenvalue weighted by Gasteiger charge is -2.26. The second kappa shape index (κ2) is 9.68. The van der Waals surface area contributed by atoms with Gasteiger partial charge in [-0.25, -0.2) is 4.79 Å². The van der Waals surface area contributed by atoms with Crippen LogP contribution in [0.25, 0.3) is 0 Å². The van der Waals surface area contributed by atoms with Gasteiger partial charge in [-0.05, 0) is 55.7 Å². The second-order valence-electron chi connectivity index (χ2n) is 9.93. The number of Topliss-reactive ketones (excluding diaryl/α,β-unsaturated/α-hetero) is 1. The Bertz CT molecular complexity index is 1200. The van der Waals surface area contributed by atoms with Crippen molar-refractivity contribution >= 4 is 35.2 Å². The van der Waals surface area contributed by atoms with Crippen LogP contribution in [0, 0.1) is 23.7 Å². The lowest BCUT2D eigenvalue weighted by Crippen LogP contribution is -2.48. The highest BCUT2D eigenvalue weighted by Gasteiger charge is 2.62. The zero-order chi connectivity index (χ0) is 25.4. The van der Waals surface area contributed by atoms with Gasteiger partial charge in [0.25, 0.3) is 5.91 Å². The minimum Gasteiger partial charge on any atom is -0.454 e. The van der Waals surface area contributed by atoms with Crippen LogP contribution in [0.3, 0.4) is 0 Å². The molecule has 0 spiro atoms. The maximum absolute atomic E-state index is 13.4. The van der Waals surface area contributed by atoms with Gasteiger partial charge in [-0.15, -0.1) is 0 Å². The number of rotatable bonds is 8. The molecule has 3 amide bonds. The van der Waals surface area contributed by atoms with Crippen LogP contribution in [0.2, 0.25) is 0 Å². The first-order valence-electron chi connectivity index (χ1n) is 12.3. The number of ether oxygens (including phenoxy) is 1. The van der Waals surface area contributed by atoms with Crippen molar-refractivity contribution in [2.45, 2.75) is 38.6 Å². The van der Waals surface area contributed by atoms with Gasteiger partial charge in [-0.3, -0.25) is 24.1 Å². The summed E-state index contributed by atoms with van der Waals surface area (Å²) >= 11 is 0. The number of anilines is 1. The molecule has 0 radical (unpaired) electrons. The molecule has 8 nitrogen and oxygen atoms in total. The first-order chi connectivity index (χ1) is 17.3. The number of imide groups is 1. The lowest BCUT2D eigenvalue weighted by molar-refractivity contribution is -0.160. The minimum atomic E-state index is -1.13. The van der Waals surface area contributed by atoms with Crippen LogP contribution >= 0.6 is 0 Å². The van der Waals surface area contributed by atoms with Crippen molar-refractivity contribution in [3.8, 4) is 0 Å². The van der Waals surface area contributed by atoms with Crippen LogP contribution < -0.4 is 5.32 Å². The number of nitrogens with zero attached hydrogens (tertiary/aromatic N) is 1. The summed E-state index contributed by atoms with van der Waals surface area (Å²) in [5, 5.41) is 2.60. The monoisotopic (exact) mass is 488 g/mol. The SMILES string of the molecule is CC(=O)c1cccc(NC(=O)COC(=O)[C@H](Cc2ccccc2)N2C(=O)[C@@H]3[C@H]4CC[C@@H](C4)[C@@H]3C2=O)c1. The zero-order valence-corrected chi connectivity index (χ0v) is 20.0. The smallest absolute Gasteiger partial charge is 0.330 e. The first kappa shape index (κ1) is 23.9. The van der Waals surface area contributed by atoms with Gasteiger partial charge in [0.1, 0.15) is 6.04 Å². The van der Waals surface area contributed by atoms with Gasteiger partial charge in [0, 0.05) is 17.7 Å². The van der Waals surface area contributed by atoms with Crippen LogP contribution in [0.15, 0.2) is 54.6 Å². The largest absolute Gasteiger partial charge is 0.454 e. The Morgan fingerprint density at radius 1 is 0.972 bits per heavy atom. The third-order valence-electron chi connectivity index (χ3n) is 7.72. The van der Waals surface area contributed by atoms with Gasteiger partial charge in [-0.1, -0.05) is 42.5 Å². The highest BCUT2D eigenvalue weighted by molar-refractivity contribution is 6.09. The molecule has 2 saturated carbocycles. The molecule has 0 unspecified atom stereocenters. The summed E-state index contributed by atoms with van der Waals surface area (Å²) in [6, 6.07) is 14.4. The first-order valence-corrected chi connectivity index (χ1v) is 12.3. The van der Waals surface area contributed by atoms with E-state index >= 15 is 0 Å². The second-order valence-corrected chi connectivity index (χ2v) is 9.93. The molecule has 3 fully saturated rings. The molecule has 2 aromatic carbocycles. The summed E-state index contributed by atoms with van der Waals surface area (Å²) in [6.07, 6.45) is 2.91. The van der Waals surface area contributed by atoms with Crippen LogP contribution in [0.1, 0.15) is 42.1 Å². The number of amides is 3. The summed E-state index contributed by atoms with van der Waals surface area (Å²) in [5.74, 6) is -2.39. The Balaban J connectivity index is 1.30.